The molecule has 0 saturated carbocycles. The highest BCUT2D eigenvalue weighted by Crippen LogP contribution is 2.50. The molecule has 0 aliphatic heterocycles. The van der Waals surface area contributed by atoms with E-state index in [0.717, 1.165) is 0 Å². The van der Waals surface area contributed by atoms with E-state index in [0.29, 0.717) is 0 Å². The lowest BCUT2D eigenvalue weighted by Gasteiger charge is -2.16. The fourth-order valence-corrected chi connectivity index (χ4v) is 1.47. The maximum absolute atomic E-state index is 10.9. The fraction of sp³-hybridized carbons (Fsp3) is 1.00. The van der Waals surface area contributed by atoms with Crippen LogP contribution in [0.15, 0.2) is 0 Å². The summed E-state index contributed by atoms with van der Waals surface area (Å²) in [6, 6.07) is 0. The summed E-state index contributed by atoms with van der Waals surface area (Å²) in [5.41, 5.74) is 5.30. The molecule has 0 saturated heterocycles. The molecule has 0 rings (SSSR count). The second kappa shape index (κ2) is 2.87. The van der Waals surface area contributed by atoms with Crippen molar-refractivity contribution in [1.82, 2.24) is 4.67 Å². The summed E-state index contributed by atoms with van der Waals surface area (Å²) in [6.07, 6.45) is 1.74. The number of nitrogens with two attached hydrogens (primary N) is 1. The minimum absolute atomic E-state index is 1.19. The highest BCUT2D eigenvalue weighted by Gasteiger charge is 2.15. The van der Waals surface area contributed by atoms with Crippen molar-refractivity contribution in [2.75, 3.05) is 20.4 Å². The molecule has 5 heteroatoms. The summed E-state index contributed by atoms with van der Waals surface area (Å²) < 4.78 is 12.5. The van der Waals surface area contributed by atoms with Gasteiger partial charge >= 0.3 is 0 Å². The first-order chi connectivity index (χ1) is 3.50. The molecule has 0 aliphatic rings. The van der Waals surface area contributed by atoms with E-state index in [4.69, 9.17) is 5.50 Å². The zero-order valence-electron chi connectivity index (χ0n) is 5.29. The van der Waals surface area contributed by atoms with Crippen molar-refractivity contribution in [3.05, 3.63) is 0 Å². The van der Waals surface area contributed by atoms with Crippen LogP contribution in [0.25, 0.3) is 0 Å². The van der Waals surface area contributed by atoms with E-state index in [9.17, 15) is 4.57 Å². The Morgan fingerprint density at radius 3 is 2.00 bits per heavy atom. The predicted octanol–water partition coefficient (Wildman–Crippen LogP) is 0.978. The molecule has 0 spiro atoms. The van der Waals surface area contributed by atoms with Crippen LogP contribution in [-0.4, -0.2) is 25.0 Å². The Kier molecular flexibility index (Phi) is 3.05. The van der Waals surface area contributed by atoms with E-state index in [1.165, 1.54) is 16.1 Å². The van der Waals surface area contributed by atoms with Crippen molar-refractivity contribution in [3.63, 3.8) is 0 Å². The Bertz CT molecular complexity index is 116. The Morgan fingerprint density at radius 1 is 1.62 bits per heavy atom. The standard InChI is InChI=1S/C3H11N2OPS/c1-5(2)7(4,6)8-3/h1-3H3,(H2,4,6). The van der Waals surface area contributed by atoms with E-state index in [2.05, 4.69) is 0 Å². The smallest absolute Gasteiger partial charge is 0.265 e. The molecule has 0 radical (unpaired) electrons. The van der Waals surface area contributed by atoms with Crippen molar-refractivity contribution in [2.45, 2.75) is 0 Å². The van der Waals surface area contributed by atoms with Gasteiger partial charge in [-0.3, -0.25) is 10.1 Å². The molecule has 0 bridgehead atoms. The molecule has 1 atom stereocenters. The summed E-state index contributed by atoms with van der Waals surface area (Å²) in [5.74, 6) is 0. The van der Waals surface area contributed by atoms with E-state index >= 15 is 0 Å². The normalized spacial score (nSPS) is 18.6. The summed E-state index contributed by atoms with van der Waals surface area (Å²) in [7, 11) is 3.41. The predicted molar refractivity (Wildman–Crippen MR) is 39.0 cm³/mol. The van der Waals surface area contributed by atoms with Gasteiger partial charge in [-0.2, -0.15) is 0 Å². The second-order valence-corrected chi connectivity index (χ2v) is 6.55. The summed E-state index contributed by atoms with van der Waals surface area (Å²) in [5, 5.41) is 0. The van der Waals surface area contributed by atoms with Crippen LogP contribution in [0.2, 0.25) is 0 Å². The van der Waals surface area contributed by atoms with Crippen LogP contribution in [0.5, 0.6) is 0 Å². The number of hydrogen-bond acceptors (Lipinski definition) is 2. The Morgan fingerprint density at radius 2 is 2.00 bits per heavy atom. The first-order valence-electron chi connectivity index (χ1n) is 2.13. The van der Waals surface area contributed by atoms with Gasteiger partial charge < -0.3 is 0 Å². The first kappa shape index (κ1) is 8.50. The molecule has 1 unspecified atom stereocenters. The van der Waals surface area contributed by atoms with Crippen LogP contribution in [-0.2, 0) is 4.57 Å². The van der Waals surface area contributed by atoms with E-state index in [1.54, 1.807) is 20.4 Å². The molecular formula is C3H11N2OPS. The fourth-order valence-electron chi connectivity index (χ4n) is 0.163. The third kappa shape index (κ3) is 2.18. The molecule has 0 fully saturated rings. The largest absolute Gasteiger partial charge is 0.277 e. The lowest BCUT2D eigenvalue weighted by atomic mass is 11.3. The van der Waals surface area contributed by atoms with Crippen LogP contribution in [0, 0.1) is 0 Å². The maximum atomic E-state index is 10.9. The van der Waals surface area contributed by atoms with Gasteiger partial charge in [-0.05, 0) is 20.4 Å². The Labute approximate surface area is 53.8 Å². The highest BCUT2D eigenvalue weighted by molar-refractivity contribution is 8.56. The molecule has 0 amide bonds. The zero-order chi connectivity index (χ0) is 6.78. The third-order valence-electron chi connectivity index (χ3n) is 0.819. The van der Waals surface area contributed by atoms with Crippen LogP contribution in [0.4, 0.5) is 0 Å². The molecule has 8 heavy (non-hydrogen) atoms. The van der Waals surface area contributed by atoms with E-state index < -0.39 is 6.65 Å². The topological polar surface area (TPSA) is 46.3 Å². The van der Waals surface area contributed by atoms with Crippen molar-refractivity contribution in [2.24, 2.45) is 5.50 Å². The number of rotatable bonds is 2. The molecule has 0 aromatic heterocycles. The monoisotopic (exact) mass is 154 g/mol. The van der Waals surface area contributed by atoms with Crippen LogP contribution >= 0.6 is 18.0 Å². The second-order valence-electron chi connectivity index (χ2n) is 1.59. The molecule has 0 aromatic carbocycles. The van der Waals surface area contributed by atoms with Crippen molar-refractivity contribution >= 4 is 18.0 Å². The molecule has 2 N–H and O–H groups in total. The van der Waals surface area contributed by atoms with Gasteiger partial charge in [0.15, 0.2) is 0 Å². The number of hydrogen-bond donors (Lipinski definition) is 1. The van der Waals surface area contributed by atoms with Crippen molar-refractivity contribution in [1.29, 1.82) is 0 Å². The van der Waals surface area contributed by atoms with Gasteiger partial charge in [0.05, 0.1) is 0 Å². The molecule has 0 aromatic rings. The van der Waals surface area contributed by atoms with Gasteiger partial charge in [-0.25, -0.2) is 4.67 Å². The molecule has 0 aliphatic carbocycles. The lowest BCUT2D eigenvalue weighted by molar-refractivity contribution is 0.531. The summed E-state index contributed by atoms with van der Waals surface area (Å²) in [4.78, 5) is 0. The van der Waals surface area contributed by atoms with Crippen LogP contribution in [0.1, 0.15) is 0 Å². The van der Waals surface area contributed by atoms with Gasteiger partial charge in [-0.15, -0.1) is 0 Å². The first-order valence-corrected chi connectivity index (χ1v) is 5.68. The van der Waals surface area contributed by atoms with Crippen LogP contribution < -0.4 is 5.50 Å². The number of nitrogens with zero attached hydrogens (tertiary/aromatic N) is 1. The van der Waals surface area contributed by atoms with Crippen molar-refractivity contribution in [3.8, 4) is 0 Å². The van der Waals surface area contributed by atoms with Gasteiger partial charge in [0.25, 0.3) is 6.65 Å². The molecule has 3 nitrogen and oxygen atoms in total. The average molecular weight is 154 g/mol. The quantitative estimate of drug-likeness (QED) is 0.602. The summed E-state index contributed by atoms with van der Waals surface area (Å²) >= 11 is 1.19. The SMILES string of the molecule is CSP(N)(=O)N(C)C. The van der Waals surface area contributed by atoms with Crippen molar-refractivity contribution < 1.29 is 4.57 Å². The average Bonchev–Trinajstić information content (AvgIpc) is 1.67. The maximum Gasteiger partial charge on any atom is 0.265 e. The minimum atomic E-state index is -2.50. The Balaban J connectivity index is 3.93. The minimum Gasteiger partial charge on any atom is -0.277 e. The Hall–Kier alpha value is 0.500. The van der Waals surface area contributed by atoms with E-state index in [1.807, 2.05) is 0 Å². The molecular weight excluding hydrogens is 143 g/mol. The zero-order valence-corrected chi connectivity index (χ0v) is 7.00. The van der Waals surface area contributed by atoms with Crippen LogP contribution in [0.3, 0.4) is 0 Å². The van der Waals surface area contributed by atoms with E-state index in [-0.39, 0.29) is 0 Å². The van der Waals surface area contributed by atoms with Gasteiger partial charge in [0.1, 0.15) is 0 Å². The highest BCUT2D eigenvalue weighted by atomic mass is 32.7. The lowest BCUT2D eigenvalue weighted by Crippen LogP contribution is -2.11. The van der Waals surface area contributed by atoms with Gasteiger partial charge in [-0.1, -0.05) is 11.4 Å². The third-order valence-corrected chi connectivity index (χ3v) is 5.01. The molecule has 50 valence electrons. The molecule has 0 heterocycles. The summed E-state index contributed by atoms with van der Waals surface area (Å²) in [6.45, 7) is -2.50. The van der Waals surface area contributed by atoms with Gasteiger partial charge in [0.2, 0.25) is 0 Å². The van der Waals surface area contributed by atoms with Gasteiger partial charge in [0, 0.05) is 0 Å².